The number of aromatic nitrogens is 3. The first-order chi connectivity index (χ1) is 16.2. The van der Waals surface area contributed by atoms with Gasteiger partial charge >= 0.3 is 0 Å². The monoisotopic (exact) mass is 435 g/mol. The van der Waals surface area contributed by atoms with Gasteiger partial charge in [0, 0.05) is 18.5 Å². The molecule has 5 rings (SSSR count). The molecule has 0 spiro atoms. The van der Waals surface area contributed by atoms with Gasteiger partial charge in [-0.05, 0) is 35.7 Å². The van der Waals surface area contributed by atoms with Crippen molar-refractivity contribution in [1.29, 1.82) is 0 Å². The molecule has 0 aliphatic heterocycles. The Morgan fingerprint density at radius 2 is 1.42 bits per heavy atom. The number of fused-ring (bicyclic) bond motifs is 1. The van der Waals surface area contributed by atoms with E-state index >= 15 is 0 Å². The van der Waals surface area contributed by atoms with Gasteiger partial charge in [-0.25, -0.2) is 0 Å². The fraction of sp³-hybridized carbons (Fsp3) is 0.143. The van der Waals surface area contributed by atoms with Gasteiger partial charge < -0.3 is 9.47 Å². The minimum absolute atomic E-state index is 0.410. The van der Waals surface area contributed by atoms with Crippen molar-refractivity contribution in [2.75, 3.05) is 0 Å². The minimum atomic E-state index is 0.410. The van der Waals surface area contributed by atoms with Crippen molar-refractivity contribution < 1.29 is 9.47 Å². The van der Waals surface area contributed by atoms with Crippen molar-refractivity contribution in [2.24, 2.45) is 7.05 Å². The van der Waals surface area contributed by atoms with Crippen molar-refractivity contribution in [3.05, 3.63) is 108 Å². The Kier molecular flexibility index (Phi) is 5.77. The Morgan fingerprint density at radius 1 is 0.758 bits per heavy atom. The van der Waals surface area contributed by atoms with Crippen LogP contribution in [-0.4, -0.2) is 14.8 Å². The average molecular weight is 436 g/mol. The van der Waals surface area contributed by atoms with E-state index in [1.54, 1.807) is 0 Å². The van der Waals surface area contributed by atoms with Crippen LogP contribution in [0.15, 0.2) is 91.0 Å². The van der Waals surface area contributed by atoms with Crippen LogP contribution in [0, 0.1) is 6.92 Å². The predicted molar refractivity (Wildman–Crippen MR) is 130 cm³/mol. The van der Waals surface area contributed by atoms with E-state index in [1.165, 1.54) is 5.56 Å². The Morgan fingerprint density at radius 3 is 2.12 bits per heavy atom. The van der Waals surface area contributed by atoms with Gasteiger partial charge in [-0.3, -0.25) is 4.68 Å². The smallest absolute Gasteiger partial charge is 0.226 e. The fourth-order valence-corrected chi connectivity index (χ4v) is 3.82. The van der Waals surface area contributed by atoms with Crippen LogP contribution in [0.1, 0.15) is 16.7 Å². The molecule has 3 aromatic carbocycles. The molecule has 5 aromatic rings. The SMILES string of the molecule is Cc1ccc2c(-c3ccc(OCc4ccccc4)nc3OCc3ccccc3)nn(C)c2c1. The van der Waals surface area contributed by atoms with Crippen LogP contribution >= 0.6 is 0 Å². The molecule has 5 heteroatoms. The van der Waals surface area contributed by atoms with Crippen molar-refractivity contribution in [3.63, 3.8) is 0 Å². The lowest BCUT2D eigenvalue weighted by Crippen LogP contribution is -2.02. The van der Waals surface area contributed by atoms with Crippen LogP contribution in [0.5, 0.6) is 11.8 Å². The number of aryl methyl sites for hydroxylation is 2. The van der Waals surface area contributed by atoms with Crippen LogP contribution in [0.3, 0.4) is 0 Å². The quantitative estimate of drug-likeness (QED) is 0.310. The third-order valence-electron chi connectivity index (χ3n) is 5.54. The summed E-state index contributed by atoms with van der Waals surface area (Å²) in [6.45, 7) is 2.94. The first-order valence-corrected chi connectivity index (χ1v) is 11.0. The Balaban J connectivity index is 1.51. The van der Waals surface area contributed by atoms with E-state index in [9.17, 15) is 0 Å². The van der Waals surface area contributed by atoms with Crippen molar-refractivity contribution in [2.45, 2.75) is 20.1 Å². The van der Waals surface area contributed by atoms with E-state index in [0.717, 1.165) is 33.3 Å². The minimum Gasteiger partial charge on any atom is -0.473 e. The molecule has 2 aromatic heterocycles. The van der Waals surface area contributed by atoms with E-state index < -0.39 is 0 Å². The van der Waals surface area contributed by atoms with Crippen molar-refractivity contribution >= 4 is 10.9 Å². The highest BCUT2D eigenvalue weighted by atomic mass is 16.5. The molecular weight excluding hydrogens is 410 g/mol. The van der Waals surface area contributed by atoms with E-state index in [1.807, 2.05) is 84.5 Å². The predicted octanol–water partition coefficient (Wildman–Crippen LogP) is 6.10. The Labute approximate surface area is 193 Å². The van der Waals surface area contributed by atoms with Crippen molar-refractivity contribution in [3.8, 4) is 23.0 Å². The molecule has 0 unspecified atom stereocenters. The van der Waals surface area contributed by atoms with Crippen molar-refractivity contribution in [1.82, 2.24) is 14.8 Å². The van der Waals surface area contributed by atoms with Gasteiger partial charge in [0.1, 0.15) is 18.9 Å². The van der Waals surface area contributed by atoms with E-state index in [4.69, 9.17) is 19.6 Å². The molecule has 0 saturated carbocycles. The lowest BCUT2D eigenvalue weighted by Gasteiger charge is -2.12. The summed E-state index contributed by atoms with van der Waals surface area (Å²) in [4.78, 5) is 4.72. The van der Waals surface area contributed by atoms with Gasteiger partial charge in [0.15, 0.2) is 0 Å². The van der Waals surface area contributed by atoms with Crippen LogP contribution in [0.4, 0.5) is 0 Å². The zero-order valence-corrected chi connectivity index (χ0v) is 18.7. The second-order valence-corrected chi connectivity index (χ2v) is 8.04. The summed E-state index contributed by atoms with van der Waals surface area (Å²) in [5.74, 6) is 1.02. The summed E-state index contributed by atoms with van der Waals surface area (Å²) < 4.78 is 14.1. The first-order valence-electron chi connectivity index (χ1n) is 11.0. The summed E-state index contributed by atoms with van der Waals surface area (Å²) >= 11 is 0. The standard InChI is InChI=1S/C28H25N3O2/c1-20-13-14-23-25(17-20)31(2)30-27(23)24-15-16-26(32-18-21-9-5-3-6-10-21)29-28(24)33-19-22-11-7-4-8-12-22/h3-17H,18-19H2,1-2H3. The summed E-state index contributed by atoms with van der Waals surface area (Å²) in [7, 11) is 1.96. The fourth-order valence-electron chi connectivity index (χ4n) is 3.82. The maximum atomic E-state index is 6.21. The zero-order chi connectivity index (χ0) is 22.6. The van der Waals surface area contributed by atoms with Gasteiger partial charge in [-0.2, -0.15) is 10.1 Å². The second kappa shape index (κ2) is 9.17. The zero-order valence-electron chi connectivity index (χ0n) is 18.7. The van der Waals surface area contributed by atoms with Crippen LogP contribution in [0.25, 0.3) is 22.2 Å². The third-order valence-corrected chi connectivity index (χ3v) is 5.54. The van der Waals surface area contributed by atoms with Crippen LogP contribution < -0.4 is 9.47 Å². The molecule has 0 aliphatic rings. The molecule has 164 valence electrons. The Bertz CT molecular complexity index is 1380. The summed E-state index contributed by atoms with van der Waals surface area (Å²) in [6, 6.07) is 30.3. The molecule has 0 radical (unpaired) electrons. The van der Waals surface area contributed by atoms with E-state index in [0.29, 0.717) is 25.0 Å². The van der Waals surface area contributed by atoms with Gasteiger partial charge in [0.05, 0.1) is 11.1 Å². The van der Waals surface area contributed by atoms with Crippen LogP contribution in [0.2, 0.25) is 0 Å². The molecular formula is C28H25N3O2. The molecule has 0 aliphatic carbocycles. The molecule has 0 bridgehead atoms. The highest BCUT2D eigenvalue weighted by molar-refractivity contribution is 5.94. The largest absolute Gasteiger partial charge is 0.473 e. The molecule has 0 fully saturated rings. The molecule has 0 N–H and O–H groups in total. The van der Waals surface area contributed by atoms with E-state index in [-0.39, 0.29) is 0 Å². The average Bonchev–Trinajstić information content (AvgIpc) is 3.18. The summed E-state index contributed by atoms with van der Waals surface area (Å²) in [5, 5.41) is 5.86. The highest BCUT2D eigenvalue weighted by Crippen LogP contribution is 2.35. The van der Waals surface area contributed by atoms with Gasteiger partial charge in [0.2, 0.25) is 11.8 Å². The second-order valence-electron chi connectivity index (χ2n) is 8.04. The molecule has 2 heterocycles. The lowest BCUT2D eigenvalue weighted by molar-refractivity contribution is 0.268. The maximum Gasteiger partial charge on any atom is 0.226 e. The third kappa shape index (κ3) is 4.58. The molecule has 0 atom stereocenters. The maximum absolute atomic E-state index is 6.21. The lowest BCUT2D eigenvalue weighted by atomic mass is 10.1. The number of nitrogens with zero attached hydrogens (tertiary/aromatic N) is 3. The first kappa shape index (κ1) is 20.8. The topological polar surface area (TPSA) is 49.2 Å². The normalized spacial score (nSPS) is 11.0. The summed E-state index contributed by atoms with van der Waals surface area (Å²) in [5.41, 5.74) is 6.11. The Hall–Kier alpha value is -4.12. The molecule has 33 heavy (non-hydrogen) atoms. The molecule has 0 saturated heterocycles. The van der Waals surface area contributed by atoms with Gasteiger partial charge in [-0.15, -0.1) is 0 Å². The van der Waals surface area contributed by atoms with Gasteiger partial charge in [-0.1, -0.05) is 72.8 Å². The number of rotatable bonds is 7. The van der Waals surface area contributed by atoms with Crippen LogP contribution in [-0.2, 0) is 20.3 Å². The number of pyridine rings is 1. The number of benzene rings is 3. The van der Waals surface area contributed by atoms with E-state index in [2.05, 4.69) is 25.1 Å². The molecule has 0 amide bonds. The number of hydrogen-bond donors (Lipinski definition) is 0. The molecule has 5 nitrogen and oxygen atoms in total. The number of ether oxygens (including phenoxy) is 2. The number of hydrogen-bond acceptors (Lipinski definition) is 4. The highest BCUT2D eigenvalue weighted by Gasteiger charge is 2.18. The summed E-state index contributed by atoms with van der Waals surface area (Å²) in [6.07, 6.45) is 0. The van der Waals surface area contributed by atoms with Gasteiger partial charge in [0.25, 0.3) is 0 Å².